The molecule has 2 aliphatic rings. The summed E-state index contributed by atoms with van der Waals surface area (Å²) >= 11 is 0. The normalized spacial score (nSPS) is 20.1. The molecule has 2 fully saturated rings. The molecule has 4 rings (SSSR count). The van der Waals surface area contributed by atoms with Crippen molar-refractivity contribution in [2.45, 2.75) is 52.5 Å². The summed E-state index contributed by atoms with van der Waals surface area (Å²) in [6, 6.07) is 12.8. The van der Waals surface area contributed by atoms with Crippen LogP contribution in [0.15, 0.2) is 36.4 Å². The van der Waals surface area contributed by atoms with Gasteiger partial charge in [-0.05, 0) is 57.2 Å². The Balaban J connectivity index is 0.000000325. The average molecular weight is 534 g/mol. The van der Waals surface area contributed by atoms with Crippen LogP contribution in [-0.2, 0) is 24.2 Å². The van der Waals surface area contributed by atoms with E-state index in [-0.39, 0.29) is 43.9 Å². The minimum absolute atomic E-state index is 0. The maximum Gasteiger partial charge on any atom is 0.242 e. The van der Waals surface area contributed by atoms with Gasteiger partial charge in [0.15, 0.2) is 9.84 Å². The third-order valence-corrected chi connectivity index (χ3v) is 8.52. The number of carbonyl (C=O) groups is 2. The summed E-state index contributed by atoms with van der Waals surface area (Å²) in [5.74, 6) is -0.113. The molecule has 37 heavy (non-hydrogen) atoms. The molecule has 2 aromatic rings. The van der Waals surface area contributed by atoms with Crippen molar-refractivity contribution in [3.05, 3.63) is 47.5 Å². The van der Waals surface area contributed by atoms with E-state index in [1.807, 2.05) is 6.92 Å². The SMILES string of the molecule is CCOCN[C@H]1CCCCN(CC(=O)N2CCCS(=O)(=O)CC2)C1=O.Cc1ccc2cc(C)ccc2c1.[HH]. The number of benzene rings is 2. The van der Waals surface area contributed by atoms with Gasteiger partial charge in [0.2, 0.25) is 11.8 Å². The number of hydrogen-bond donors (Lipinski definition) is 1. The van der Waals surface area contributed by atoms with Crippen molar-refractivity contribution in [1.29, 1.82) is 0 Å². The monoisotopic (exact) mass is 533 g/mol. The van der Waals surface area contributed by atoms with Gasteiger partial charge in [0.1, 0.15) is 0 Å². The fraction of sp³-hybridized carbons (Fsp3) is 0.571. The third-order valence-electron chi connectivity index (χ3n) is 6.80. The molecule has 0 aliphatic carbocycles. The van der Waals surface area contributed by atoms with Gasteiger partial charge < -0.3 is 14.5 Å². The Hall–Kier alpha value is -2.49. The summed E-state index contributed by atoms with van der Waals surface area (Å²) < 4.78 is 28.6. The Bertz CT molecular complexity index is 1130. The molecule has 1 atom stereocenters. The lowest BCUT2D eigenvalue weighted by Crippen LogP contribution is -2.50. The van der Waals surface area contributed by atoms with Crippen LogP contribution in [-0.4, -0.2) is 87.1 Å². The van der Waals surface area contributed by atoms with Gasteiger partial charge in [-0.15, -0.1) is 0 Å². The molecule has 1 N–H and O–H groups in total. The van der Waals surface area contributed by atoms with Crippen LogP contribution in [0.3, 0.4) is 0 Å². The summed E-state index contributed by atoms with van der Waals surface area (Å²) in [6.45, 7) is 8.27. The first-order chi connectivity index (χ1) is 17.7. The second-order valence-corrected chi connectivity index (χ2v) is 12.2. The number of rotatable bonds is 6. The van der Waals surface area contributed by atoms with E-state index >= 15 is 0 Å². The van der Waals surface area contributed by atoms with Gasteiger partial charge in [-0.3, -0.25) is 14.9 Å². The van der Waals surface area contributed by atoms with Crippen molar-refractivity contribution in [2.24, 2.45) is 0 Å². The molecule has 0 aromatic heterocycles. The number of nitrogens with one attached hydrogen (secondary N) is 1. The average Bonchev–Trinajstić information content (AvgIpc) is 3.15. The van der Waals surface area contributed by atoms with Crippen molar-refractivity contribution in [3.63, 3.8) is 0 Å². The lowest BCUT2D eigenvalue weighted by molar-refractivity contribution is -0.141. The van der Waals surface area contributed by atoms with Crippen LogP contribution in [0.1, 0.15) is 45.2 Å². The molecule has 2 saturated heterocycles. The van der Waals surface area contributed by atoms with E-state index in [0.717, 1.165) is 19.3 Å². The van der Waals surface area contributed by atoms with Gasteiger partial charge in [-0.1, -0.05) is 47.5 Å². The molecule has 0 unspecified atom stereocenters. The van der Waals surface area contributed by atoms with Crippen LogP contribution < -0.4 is 5.32 Å². The summed E-state index contributed by atoms with van der Waals surface area (Å²) in [4.78, 5) is 28.4. The van der Waals surface area contributed by atoms with Gasteiger partial charge in [0.05, 0.1) is 30.8 Å². The smallest absolute Gasteiger partial charge is 0.242 e. The molecule has 9 heteroatoms. The zero-order valence-corrected chi connectivity index (χ0v) is 23.2. The van der Waals surface area contributed by atoms with Gasteiger partial charge in [0.25, 0.3) is 0 Å². The van der Waals surface area contributed by atoms with E-state index in [4.69, 9.17) is 4.74 Å². The van der Waals surface area contributed by atoms with Crippen molar-refractivity contribution < 1.29 is 24.2 Å². The maximum absolute atomic E-state index is 12.7. The first kappa shape index (κ1) is 29.1. The summed E-state index contributed by atoms with van der Waals surface area (Å²) in [5.41, 5.74) is 2.65. The Morgan fingerprint density at radius 2 is 1.68 bits per heavy atom. The van der Waals surface area contributed by atoms with Crippen LogP contribution in [0.2, 0.25) is 0 Å². The molecule has 206 valence electrons. The Kier molecular flexibility index (Phi) is 10.9. The van der Waals surface area contributed by atoms with Crippen molar-refractivity contribution in [3.8, 4) is 0 Å². The number of nitrogens with zero attached hydrogens (tertiary/aromatic N) is 2. The van der Waals surface area contributed by atoms with E-state index < -0.39 is 9.84 Å². The fourth-order valence-corrected chi connectivity index (χ4v) is 5.92. The summed E-state index contributed by atoms with van der Waals surface area (Å²) in [5, 5.41) is 5.77. The molecular formula is C28H43N3O5S. The zero-order valence-electron chi connectivity index (χ0n) is 22.4. The van der Waals surface area contributed by atoms with E-state index in [0.29, 0.717) is 32.8 Å². The van der Waals surface area contributed by atoms with E-state index in [1.54, 1.807) is 9.80 Å². The van der Waals surface area contributed by atoms with E-state index in [1.165, 1.54) is 21.9 Å². The van der Waals surface area contributed by atoms with Crippen molar-refractivity contribution >= 4 is 32.4 Å². The molecule has 0 bridgehead atoms. The van der Waals surface area contributed by atoms with Gasteiger partial charge >= 0.3 is 0 Å². The zero-order chi connectivity index (χ0) is 26.8. The molecule has 0 spiro atoms. The first-order valence-electron chi connectivity index (χ1n) is 13.2. The number of carbonyl (C=O) groups excluding carboxylic acids is 2. The van der Waals surface area contributed by atoms with Crippen LogP contribution in [0.5, 0.6) is 0 Å². The Labute approximate surface area is 222 Å². The van der Waals surface area contributed by atoms with Gasteiger partial charge in [0, 0.05) is 27.7 Å². The molecule has 8 nitrogen and oxygen atoms in total. The lowest BCUT2D eigenvalue weighted by atomic mass is 10.1. The second kappa shape index (κ2) is 13.9. The highest BCUT2D eigenvalue weighted by molar-refractivity contribution is 7.91. The first-order valence-corrected chi connectivity index (χ1v) is 15.1. The number of amides is 2. The Morgan fingerprint density at radius 3 is 2.32 bits per heavy atom. The second-order valence-electron chi connectivity index (χ2n) is 9.89. The predicted molar refractivity (Wildman–Crippen MR) is 149 cm³/mol. The number of ether oxygens (including phenoxy) is 1. The largest absolute Gasteiger partial charge is 0.367 e. The predicted octanol–water partition coefficient (Wildman–Crippen LogP) is 3.30. The molecule has 2 aliphatic heterocycles. The van der Waals surface area contributed by atoms with E-state index in [9.17, 15) is 18.0 Å². The number of fused-ring (bicyclic) bond motifs is 1. The van der Waals surface area contributed by atoms with Crippen molar-refractivity contribution in [2.75, 3.05) is 51.0 Å². The summed E-state index contributed by atoms with van der Waals surface area (Å²) in [7, 11) is -3.06. The molecule has 2 aromatic carbocycles. The van der Waals surface area contributed by atoms with E-state index in [2.05, 4.69) is 55.6 Å². The van der Waals surface area contributed by atoms with Crippen LogP contribution >= 0.6 is 0 Å². The van der Waals surface area contributed by atoms with Crippen LogP contribution in [0.25, 0.3) is 10.8 Å². The highest BCUT2D eigenvalue weighted by Gasteiger charge is 2.30. The highest BCUT2D eigenvalue weighted by atomic mass is 32.2. The minimum atomic E-state index is -3.06. The quantitative estimate of drug-likeness (QED) is 0.452. The molecule has 0 saturated carbocycles. The summed E-state index contributed by atoms with van der Waals surface area (Å²) in [6.07, 6.45) is 2.97. The number of sulfone groups is 1. The van der Waals surface area contributed by atoms with Crippen LogP contribution in [0.4, 0.5) is 0 Å². The maximum atomic E-state index is 12.7. The number of hydrogen-bond acceptors (Lipinski definition) is 6. The molecular weight excluding hydrogens is 490 g/mol. The fourth-order valence-electron chi connectivity index (χ4n) is 4.65. The highest BCUT2D eigenvalue weighted by Crippen LogP contribution is 2.17. The molecule has 2 amide bonds. The van der Waals surface area contributed by atoms with Gasteiger partial charge in [-0.25, -0.2) is 8.42 Å². The molecule has 2 heterocycles. The molecule has 0 radical (unpaired) electrons. The Morgan fingerprint density at radius 1 is 1.00 bits per heavy atom. The minimum Gasteiger partial charge on any atom is -0.367 e. The lowest BCUT2D eigenvalue weighted by Gasteiger charge is -2.27. The standard InChI is InChI=1S/C16H29N3O5S.C12H12.H2/c1-2-24-13-17-14-6-3-4-7-19(16(14)21)12-15(20)18-8-5-10-25(22,23)11-9-18;1-9-3-5-12-8-10(2)4-6-11(12)7-9;/h14,17H,2-13H2,1H3;3-8H,1-2H3;1H/t14-;;/m0../s1. The van der Waals surface area contributed by atoms with Crippen LogP contribution in [0, 0.1) is 13.8 Å². The number of likely N-dealkylation sites (tertiary alicyclic amines) is 1. The van der Waals surface area contributed by atoms with Crippen molar-refractivity contribution in [1.82, 2.24) is 15.1 Å². The number of aryl methyl sites for hydroxylation is 2. The van der Waals surface area contributed by atoms with Gasteiger partial charge in [-0.2, -0.15) is 0 Å². The third kappa shape index (κ3) is 9.09. The topological polar surface area (TPSA) is 96.0 Å².